The number of benzene rings is 1. The van der Waals surface area contributed by atoms with Crippen molar-refractivity contribution in [3.63, 3.8) is 0 Å². The predicted molar refractivity (Wildman–Crippen MR) is 58.6 cm³/mol. The zero-order chi connectivity index (χ0) is 10.2. The third-order valence-corrected chi connectivity index (χ3v) is 3.57. The average Bonchev–Trinajstić information content (AvgIpc) is 2.87. The first-order valence-electron chi connectivity index (χ1n) is 4.82. The maximum atomic E-state index is 12.9. The van der Waals surface area contributed by atoms with Gasteiger partial charge in [0, 0.05) is 10.0 Å². The first-order chi connectivity index (χ1) is 6.59. The fourth-order valence-electron chi connectivity index (χ4n) is 1.53. The van der Waals surface area contributed by atoms with Gasteiger partial charge in [-0.05, 0) is 49.4 Å². The van der Waals surface area contributed by atoms with E-state index in [-0.39, 0.29) is 11.4 Å². The summed E-state index contributed by atoms with van der Waals surface area (Å²) in [6.07, 6.45) is 4.03. The van der Waals surface area contributed by atoms with E-state index in [1.807, 2.05) is 0 Å². The van der Waals surface area contributed by atoms with Crippen LogP contribution in [-0.4, -0.2) is 5.54 Å². The molecule has 1 aromatic carbocycles. The van der Waals surface area contributed by atoms with Crippen LogP contribution in [-0.2, 0) is 6.42 Å². The summed E-state index contributed by atoms with van der Waals surface area (Å²) >= 11 is 3.41. The maximum Gasteiger partial charge on any atom is 0.123 e. The molecule has 2 rings (SSSR count). The molecular weight excluding hydrogens is 245 g/mol. The number of nitrogens with two attached hydrogens (primary N) is 1. The molecule has 0 radical (unpaired) electrons. The highest BCUT2D eigenvalue weighted by Crippen LogP contribution is 2.37. The normalized spacial score (nSPS) is 18.2. The molecule has 76 valence electrons. The second kappa shape index (κ2) is 3.63. The van der Waals surface area contributed by atoms with Crippen molar-refractivity contribution in [2.45, 2.75) is 31.2 Å². The van der Waals surface area contributed by atoms with E-state index in [0.29, 0.717) is 0 Å². The summed E-state index contributed by atoms with van der Waals surface area (Å²) in [7, 11) is 0. The Morgan fingerprint density at radius 3 is 2.79 bits per heavy atom. The SMILES string of the molecule is NC1(CCc2cc(F)ccc2Br)CC1. The molecular formula is C11H13BrFN. The van der Waals surface area contributed by atoms with Gasteiger partial charge in [-0.1, -0.05) is 15.9 Å². The van der Waals surface area contributed by atoms with Crippen LogP contribution in [0, 0.1) is 5.82 Å². The molecule has 1 fully saturated rings. The highest BCUT2D eigenvalue weighted by molar-refractivity contribution is 9.10. The molecule has 1 nitrogen and oxygen atoms in total. The summed E-state index contributed by atoms with van der Waals surface area (Å²) in [6.45, 7) is 0. The van der Waals surface area contributed by atoms with Gasteiger partial charge in [0.25, 0.3) is 0 Å². The van der Waals surface area contributed by atoms with E-state index in [4.69, 9.17) is 5.73 Å². The van der Waals surface area contributed by atoms with Crippen LogP contribution in [0.1, 0.15) is 24.8 Å². The average molecular weight is 258 g/mol. The summed E-state index contributed by atoms with van der Waals surface area (Å²) in [5.74, 6) is -0.176. The van der Waals surface area contributed by atoms with Gasteiger partial charge in [-0.3, -0.25) is 0 Å². The quantitative estimate of drug-likeness (QED) is 0.886. The lowest BCUT2D eigenvalue weighted by Crippen LogP contribution is -2.22. The predicted octanol–water partition coefficient (Wildman–Crippen LogP) is 3.01. The van der Waals surface area contributed by atoms with E-state index in [9.17, 15) is 4.39 Å². The monoisotopic (exact) mass is 257 g/mol. The topological polar surface area (TPSA) is 26.0 Å². The number of rotatable bonds is 3. The molecule has 3 heteroatoms. The van der Waals surface area contributed by atoms with E-state index >= 15 is 0 Å². The van der Waals surface area contributed by atoms with Gasteiger partial charge in [0.1, 0.15) is 5.82 Å². The summed E-state index contributed by atoms with van der Waals surface area (Å²) in [4.78, 5) is 0. The number of aryl methyl sites for hydroxylation is 1. The minimum Gasteiger partial charge on any atom is -0.325 e. The Kier molecular flexibility index (Phi) is 2.62. The number of hydrogen-bond acceptors (Lipinski definition) is 1. The van der Waals surface area contributed by atoms with Crippen molar-refractivity contribution >= 4 is 15.9 Å². The van der Waals surface area contributed by atoms with Crippen molar-refractivity contribution < 1.29 is 4.39 Å². The molecule has 0 aromatic heterocycles. The first kappa shape index (κ1) is 10.1. The molecule has 0 aliphatic heterocycles. The van der Waals surface area contributed by atoms with Gasteiger partial charge < -0.3 is 5.73 Å². The molecule has 0 bridgehead atoms. The van der Waals surface area contributed by atoms with Crippen LogP contribution in [0.5, 0.6) is 0 Å². The van der Waals surface area contributed by atoms with Crippen molar-refractivity contribution in [1.29, 1.82) is 0 Å². The molecule has 0 heterocycles. The third kappa shape index (κ3) is 2.34. The van der Waals surface area contributed by atoms with Crippen molar-refractivity contribution in [3.8, 4) is 0 Å². The molecule has 1 saturated carbocycles. The zero-order valence-electron chi connectivity index (χ0n) is 7.89. The van der Waals surface area contributed by atoms with E-state index < -0.39 is 0 Å². The van der Waals surface area contributed by atoms with Crippen molar-refractivity contribution in [1.82, 2.24) is 0 Å². The lowest BCUT2D eigenvalue weighted by atomic mass is 10.0. The number of halogens is 2. The minimum absolute atomic E-state index is 0.0474. The van der Waals surface area contributed by atoms with Gasteiger partial charge >= 0.3 is 0 Å². The van der Waals surface area contributed by atoms with Crippen LogP contribution in [0.4, 0.5) is 4.39 Å². The largest absolute Gasteiger partial charge is 0.325 e. The van der Waals surface area contributed by atoms with E-state index in [0.717, 1.165) is 35.7 Å². The summed E-state index contributed by atoms with van der Waals surface area (Å²) in [5.41, 5.74) is 7.04. The standard InChI is InChI=1S/C11H13BrFN/c12-10-2-1-9(13)7-8(10)3-4-11(14)5-6-11/h1-2,7H,3-6,14H2. The molecule has 1 aliphatic carbocycles. The van der Waals surface area contributed by atoms with Crippen LogP contribution < -0.4 is 5.73 Å². The van der Waals surface area contributed by atoms with Gasteiger partial charge in [-0.25, -0.2) is 4.39 Å². The summed E-state index contributed by atoms with van der Waals surface area (Å²) in [6, 6.07) is 4.79. The second-order valence-corrected chi connectivity index (χ2v) is 4.95. The Morgan fingerprint density at radius 1 is 1.43 bits per heavy atom. The van der Waals surface area contributed by atoms with Crippen molar-refractivity contribution in [3.05, 3.63) is 34.1 Å². The van der Waals surface area contributed by atoms with Crippen LogP contribution in [0.3, 0.4) is 0 Å². The summed E-state index contributed by atoms with van der Waals surface area (Å²) < 4.78 is 13.9. The molecule has 0 saturated heterocycles. The van der Waals surface area contributed by atoms with Crippen LogP contribution in [0.2, 0.25) is 0 Å². The number of hydrogen-bond donors (Lipinski definition) is 1. The van der Waals surface area contributed by atoms with Crippen LogP contribution >= 0.6 is 15.9 Å². The molecule has 1 aliphatic rings. The van der Waals surface area contributed by atoms with Crippen LogP contribution in [0.25, 0.3) is 0 Å². The highest BCUT2D eigenvalue weighted by Gasteiger charge is 2.37. The third-order valence-electron chi connectivity index (χ3n) is 2.79. The minimum atomic E-state index is -0.176. The van der Waals surface area contributed by atoms with Gasteiger partial charge in [0.05, 0.1) is 0 Å². The van der Waals surface area contributed by atoms with Crippen molar-refractivity contribution in [2.24, 2.45) is 5.73 Å². The fourth-order valence-corrected chi connectivity index (χ4v) is 1.97. The fraction of sp³-hybridized carbons (Fsp3) is 0.455. The van der Waals surface area contributed by atoms with Gasteiger partial charge in [0.15, 0.2) is 0 Å². The first-order valence-corrected chi connectivity index (χ1v) is 5.61. The molecule has 14 heavy (non-hydrogen) atoms. The molecule has 0 amide bonds. The Bertz CT molecular complexity index is 347. The highest BCUT2D eigenvalue weighted by atomic mass is 79.9. The molecule has 0 unspecified atom stereocenters. The second-order valence-electron chi connectivity index (χ2n) is 4.10. The smallest absolute Gasteiger partial charge is 0.123 e. The Balaban J connectivity index is 2.04. The van der Waals surface area contributed by atoms with E-state index in [1.54, 1.807) is 12.1 Å². The molecule has 0 atom stereocenters. The van der Waals surface area contributed by atoms with E-state index in [1.165, 1.54) is 6.07 Å². The molecule has 2 N–H and O–H groups in total. The maximum absolute atomic E-state index is 12.9. The zero-order valence-corrected chi connectivity index (χ0v) is 9.48. The van der Waals surface area contributed by atoms with Crippen LogP contribution in [0.15, 0.2) is 22.7 Å². The van der Waals surface area contributed by atoms with Gasteiger partial charge in [0.2, 0.25) is 0 Å². The Morgan fingerprint density at radius 2 is 2.14 bits per heavy atom. The van der Waals surface area contributed by atoms with E-state index in [2.05, 4.69) is 15.9 Å². The lowest BCUT2D eigenvalue weighted by molar-refractivity contribution is 0.598. The molecule has 0 spiro atoms. The van der Waals surface area contributed by atoms with Gasteiger partial charge in [-0.15, -0.1) is 0 Å². The summed E-state index contributed by atoms with van der Waals surface area (Å²) in [5, 5.41) is 0. The van der Waals surface area contributed by atoms with Gasteiger partial charge in [-0.2, -0.15) is 0 Å². The Hall–Kier alpha value is -0.410. The Labute approximate surface area is 91.6 Å². The lowest BCUT2D eigenvalue weighted by Gasteiger charge is -2.09. The van der Waals surface area contributed by atoms with Crippen molar-refractivity contribution in [2.75, 3.05) is 0 Å². The molecule has 1 aromatic rings.